The molecule has 1 aromatic rings. The molecule has 1 aromatic heterocycles. The highest BCUT2D eigenvalue weighted by Crippen LogP contribution is 2.10. The first-order valence-electron chi connectivity index (χ1n) is 3.78. The molecule has 66 valence electrons. The topological polar surface area (TPSA) is 50.9 Å². The summed E-state index contributed by atoms with van der Waals surface area (Å²) < 4.78 is 1.00. The van der Waals surface area contributed by atoms with Crippen molar-refractivity contribution in [3.8, 4) is 0 Å². The summed E-state index contributed by atoms with van der Waals surface area (Å²) in [6.07, 6.45) is 4.51. The molecule has 0 saturated carbocycles. The lowest BCUT2D eigenvalue weighted by Crippen LogP contribution is -2.34. The molecular formula is C8H12BrN3. The Labute approximate surface area is 80.5 Å². The third-order valence-corrected chi connectivity index (χ3v) is 2.02. The number of hydrazine groups is 1. The van der Waals surface area contributed by atoms with Crippen molar-refractivity contribution in [1.82, 2.24) is 10.4 Å². The predicted molar refractivity (Wildman–Crippen MR) is 52.4 cm³/mol. The molecule has 0 saturated heterocycles. The Kier molecular flexibility index (Phi) is 3.65. The molecule has 1 unspecified atom stereocenters. The predicted octanol–water partition coefficient (Wildman–Crippen LogP) is 1.24. The Hall–Kier alpha value is -0.450. The molecule has 1 heterocycles. The Balaban J connectivity index is 2.63. The van der Waals surface area contributed by atoms with Gasteiger partial charge in [0.2, 0.25) is 0 Å². The third-order valence-electron chi connectivity index (χ3n) is 1.59. The molecule has 0 aliphatic carbocycles. The largest absolute Gasteiger partial charge is 0.271 e. The number of nitrogens with zero attached hydrogens (tertiary/aromatic N) is 1. The van der Waals surface area contributed by atoms with Crippen molar-refractivity contribution in [2.45, 2.75) is 19.4 Å². The number of halogens is 1. The number of aromatic nitrogens is 1. The monoisotopic (exact) mass is 229 g/mol. The molecule has 4 heteroatoms. The van der Waals surface area contributed by atoms with Crippen LogP contribution in [0.1, 0.15) is 12.5 Å². The number of hydrogen-bond acceptors (Lipinski definition) is 3. The van der Waals surface area contributed by atoms with E-state index in [0.29, 0.717) is 0 Å². The van der Waals surface area contributed by atoms with Gasteiger partial charge in [-0.25, -0.2) is 0 Å². The van der Waals surface area contributed by atoms with Gasteiger partial charge in [0.05, 0.1) is 0 Å². The van der Waals surface area contributed by atoms with Gasteiger partial charge in [-0.15, -0.1) is 0 Å². The summed E-state index contributed by atoms with van der Waals surface area (Å²) >= 11 is 3.36. The van der Waals surface area contributed by atoms with Crippen LogP contribution in [0.3, 0.4) is 0 Å². The van der Waals surface area contributed by atoms with Gasteiger partial charge in [0.15, 0.2) is 0 Å². The first-order chi connectivity index (χ1) is 5.72. The van der Waals surface area contributed by atoms with Crippen LogP contribution in [0.2, 0.25) is 0 Å². The Morgan fingerprint density at radius 3 is 3.00 bits per heavy atom. The van der Waals surface area contributed by atoms with Gasteiger partial charge in [0.1, 0.15) is 0 Å². The molecule has 0 radical (unpaired) electrons. The van der Waals surface area contributed by atoms with Crippen molar-refractivity contribution in [3.63, 3.8) is 0 Å². The van der Waals surface area contributed by atoms with Crippen molar-refractivity contribution in [1.29, 1.82) is 0 Å². The second kappa shape index (κ2) is 4.54. The summed E-state index contributed by atoms with van der Waals surface area (Å²) in [7, 11) is 0. The van der Waals surface area contributed by atoms with Gasteiger partial charge in [-0.05, 0) is 40.9 Å². The first kappa shape index (κ1) is 9.64. The molecule has 0 amide bonds. The Morgan fingerprint density at radius 2 is 2.42 bits per heavy atom. The molecule has 0 bridgehead atoms. The molecule has 1 atom stereocenters. The van der Waals surface area contributed by atoms with E-state index in [1.54, 1.807) is 6.20 Å². The van der Waals surface area contributed by atoms with E-state index in [4.69, 9.17) is 5.84 Å². The summed E-state index contributed by atoms with van der Waals surface area (Å²) in [6, 6.07) is 2.32. The minimum atomic E-state index is 0.279. The number of nitrogens with one attached hydrogen (secondary N) is 1. The molecule has 0 aliphatic heterocycles. The molecule has 3 nitrogen and oxygen atoms in total. The summed E-state index contributed by atoms with van der Waals surface area (Å²) in [5, 5.41) is 0. The van der Waals surface area contributed by atoms with E-state index in [9.17, 15) is 0 Å². The van der Waals surface area contributed by atoms with Gasteiger partial charge in [0.25, 0.3) is 0 Å². The first-order valence-corrected chi connectivity index (χ1v) is 4.57. The molecule has 0 fully saturated rings. The normalized spacial score (nSPS) is 12.9. The van der Waals surface area contributed by atoms with E-state index < -0.39 is 0 Å². The van der Waals surface area contributed by atoms with Crippen LogP contribution in [-0.4, -0.2) is 11.0 Å². The fourth-order valence-corrected chi connectivity index (χ4v) is 1.39. The van der Waals surface area contributed by atoms with Gasteiger partial charge in [-0.2, -0.15) is 0 Å². The quantitative estimate of drug-likeness (QED) is 0.606. The number of rotatable bonds is 3. The smallest absolute Gasteiger partial charge is 0.0410 e. The number of nitrogens with two attached hydrogens (primary N) is 1. The number of hydrogen-bond donors (Lipinski definition) is 2. The summed E-state index contributed by atoms with van der Waals surface area (Å²) in [5.74, 6) is 5.28. The van der Waals surface area contributed by atoms with E-state index in [1.807, 2.05) is 19.2 Å². The maximum absolute atomic E-state index is 5.28. The average Bonchev–Trinajstić information content (AvgIpc) is 2.04. The fourth-order valence-electron chi connectivity index (χ4n) is 0.980. The number of pyridine rings is 1. The summed E-state index contributed by atoms with van der Waals surface area (Å²) in [5.41, 5.74) is 3.87. The highest BCUT2D eigenvalue weighted by Gasteiger charge is 2.00. The lowest BCUT2D eigenvalue weighted by Gasteiger charge is -2.08. The van der Waals surface area contributed by atoms with Crippen LogP contribution >= 0.6 is 15.9 Å². The molecule has 0 aromatic carbocycles. The van der Waals surface area contributed by atoms with Crippen molar-refractivity contribution in [2.75, 3.05) is 0 Å². The van der Waals surface area contributed by atoms with Gasteiger partial charge in [-0.3, -0.25) is 16.3 Å². The van der Waals surface area contributed by atoms with E-state index in [2.05, 4.69) is 26.3 Å². The molecule has 0 spiro atoms. The fraction of sp³-hybridized carbons (Fsp3) is 0.375. The summed E-state index contributed by atoms with van der Waals surface area (Å²) in [4.78, 5) is 4.06. The van der Waals surface area contributed by atoms with Crippen LogP contribution in [0, 0.1) is 0 Å². The third kappa shape index (κ3) is 2.89. The van der Waals surface area contributed by atoms with Crippen LogP contribution in [0.5, 0.6) is 0 Å². The van der Waals surface area contributed by atoms with Crippen molar-refractivity contribution < 1.29 is 0 Å². The maximum atomic E-state index is 5.28. The Bertz CT molecular complexity index is 252. The van der Waals surface area contributed by atoms with Gasteiger partial charge >= 0.3 is 0 Å². The van der Waals surface area contributed by atoms with Gasteiger partial charge < -0.3 is 0 Å². The maximum Gasteiger partial charge on any atom is 0.0410 e. The second-order valence-corrected chi connectivity index (χ2v) is 3.70. The van der Waals surface area contributed by atoms with E-state index in [0.717, 1.165) is 10.9 Å². The standard InChI is InChI=1S/C8H12BrN3/c1-6(12-10)2-7-3-8(9)5-11-4-7/h3-6,12H,2,10H2,1H3. The zero-order valence-corrected chi connectivity index (χ0v) is 8.51. The SMILES string of the molecule is CC(Cc1cncc(Br)c1)NN. The zero-order chi connectivity index (χ0) is 8.97. The minimum Gasteiger partial charge on any atom is -0.271 e. The average molecular weight is 230 g/mol. The zero-order valence-electron chi connectivity index (χ0n) is 6.92. The molecule has 12 heavy (non-hydrogen) atoms. The molecule has 1 rings (SSSR count). The van der Waals surface area contributed by atoms with Crippen LogP contribution in [-0.2, 0) is 6.42 Å². The van der Waals surface area contributed by atoms with Crippen molar-refractivity contribution in [3.05, 3.63) is 28.5 Å². The highest BCUT2D eigenvalue weighted by molar-refractivity contribution is 9.10. The van der Waals surface area contributed by atoms with Gasteiger partial charge in [0, 0.05) is 22.9 Å². The van der Waals surface area contributed by atoms with E-state index >= 15 is 0 Å². The van der Waals surface area contributed by atoms with E-state index in [1.165, 1.54) is 5.56 Å². The molecular weight excluding hydrogens is 218 g/mol. The van der Waals surface area contributed by atoms with Crippen LogP contribution < -0.4 is 11.3 Å². The Morgan fingerprint density at radius 1 is 1.67 bits per heavy atom. The lowest BCUT2D eigenvalue weighted by molar-refractivity contribution is 0.567. The highest BCUT2D eigenvalue weighted by atomic mass is 79.9. The van der Waals surface area contributed by atoms with Crippen molar-refractivity contribution in [2.24, 2.45) is 5.84 Å². The van der Waals surface area contributed by atoms with E-state index in [-0.39, 0.29) is 6.04 Å². The van der Waals surface area contributed by atoms with Crippen LogP contribution in [0.4, 0.5) is 0 Å². The lowest BCUT2D eigenvalue weighted by atomic mass is 10.1. The molecule has 3 N–H and O–H groups in total. The van der Waals surface area contributed by atoms with Gasteiger partial charge in [-0.1, -0.05) is 0 Å². The van der Waals surface area contributed by atoms with Crippen LogP contribution in [0.25, 0.3) is 0 Å². The van der Waals surface area contributed by atoms with Crippen LogP contribution in [0.15, 0.2) is 22.9 Å². The molecule has 0 aliphatic rings. The second-order valence-electron chi connectivity index (χ2n) is 2.78. The minimum absolute atomic E-state index is 0.279. The van der Waals surface area contributed by atoms with Crippen molar-refractivity contribution >= 4 is 15.9 Å². The summed E-state index contributed by atoms with van der Waals surface area (Å²) in [6.45, 7) is 2.03.